The first-order valence-electron chi connectivity index (χ1n) is 11.2. The number of carbonyl (C=O) groups is 2. The zero-order valence-electron chi connectivity index (χ0n) is 17.9. The highest BCUT2D eigenvalue weighted by molar-refractivity contribution is 5.81. The van der Waals surface area contributed by atoms with Crippen LogP contribution in [0.5, 0.6) is 0 Å². The Morgan fingerprint density at radius 1 is 1.29 bits per heavy atom. The van der Waals surface area contributed by atoms with Crippen LogP contribution in [0.4, 0.5) is 10.6 Å². The molecule has 8 nitrogen and oxygen atoms in total. The Morgan fingerprint density at radius 3 is 2.65 bits per heavy atom. The first-order valence-corrected chi connectivity index (χ1v) is 11.2. The quantitative estimate of drug-likeness (QED) is 0.795. The number of hydrogen-bond acceptors (Lipinski definition) is 6. The monoisotopic (exact) mass is 423 g/mol. The zero-order chi connectivity index (χ0) is 21.8. The molecule has 1 aliphatic heterocycles. The average molecular weight is 424 g/mol. The topological polar surface area (TPSA) is 113 Å². The number of nitriles is 1. The minimum atomic E-state index is -0.366. The third-order valence-electron chi connectivity index (χ3n) is 8.15. The number of anilines is 1. The molecule has 8 heteroatoms. The fourth-order valence-corrected chi connectivity index (χ4v) is 6.73. The van der Waals surface area contributed by atoms with Crippen LogP contribution in [-0.4, -0.2) is 54.2 Å². The fraction of sp³-hybridized carbons (Fsp3) is 0.652. The Kier molecular flexibility index (Phi) is 4.80. The van der Waals surface area contributed by atoms with E-state index in [1.807, 2.05) is 13.1 Å². The summed E-state index contributed by atoms with van der Waals surface area (Å²) in [6.07, 6.45) is 6.61. The Labute approximate surface area is 182 Å². The number of pyridine rings is 1. The normalized spacial score (nSPS) is 35.6. The molecule has 4 unspecified atom stereocenters. The van der Waals surface area contributed by atoms with E-state index < -0.39 is 0 Å². The summed E-state index contributed by atoms with van der Waals surface area (Å²) in [5.74, 6) is 1.68. The lowest BCUT2D eigenvalue weighted by Crippen LogP contribution is -2.59. The molecule has 1 saturated heterocycles. The summed E-state index contributed by atoms with van der Waals surface area (Å²) in [7, 11) is 1.97. The van der Waals surface area contributed by atoms with Crippen LogP contribution in [0.1, 0.15) is 44.1 Å². The number of likely N-dealkylation sites (N-methyl/N-ethyl adjacent to an activating group) is 1. The van der Waals surface area contributed by atoms with Crippen molar-refractivity contribution in [3.05, 3.63) is 23.9 Å². The second-order valence-electron chi connectivity index (χ2n) is 9.98. The molecular weight excluding hydrogens is 394 g/mol. The van der Waals surface area contributed by atoms with E-state index in [1.165, 1.54) is 0 Å². The maximum absolute atomic E-state index is 13.0. The highest BCUT2D eigenvalue weighted by Gasteiger charge is 2.59. The molecule has 6 rings (SSSR count). The van der Waals surface area contributed by atoms with Crippen LogP contribution in [0.3, 0.4) is 0 Å². The summed E-state index contributed by atoms with van der Waals surface area (Å²) in [6.45, 7) is 1.24. The van der Waals surface area contributed by atoms with Crippen LogP contribution in [0, 0.1) is 34.5 Å². The predicted octanol–water partition coefficient (Wildman–Crippen LogP) is 2.28. The molecule has 6 atom stereocenters. The Morgan fingerprint density at radius 2 is 2.03 bits per heavy atom. The molecule has 31 heavy (non-hydrogen) atoms. The first-order chi connectivity index (χ1) is 14.9. The summed E-state index contributed by atoms with van der Waals surface area (Å²) in [5.41, 5.74) is 5.93. The first kappa shape index (κ1) is 20.1. The SMILES string of the molecule is CN(c1ccc(C#N)cn1)C1CCN(C(=O)OC2C3CC4C[C@H]2C[C@@](C(N)=O)(C4)C3)C1. The van der Waals surface area contributed by atoms with E-state index in [9.17, 15) is 9.59 Å². The van der Waals surface area contributed by atoms with E-state index in [4.69, 9.17) is 15.7 Å². The summed E-state index contributed by atoms with van der Waals surface area (Å²) < 4.78 is 6.06. The van der Waals surface area contributed by atoms with Crippen LogP contribution < -0.4 is 10.6 Å². The van der Waals surface area contributed by atoms with Crippen molar-refractivity contribution in [3.63, 3.8) is 0 Å². The number of likely N-dealkylation sites (tertiary alicyclic amines) is 1. The van der Waals surface area contributed by atoms with E-state index in [0.717, 1.165) is 44.3 Å². The number of rotatable bonds is 4. The van der Waals surface area contributed by atoms with Crippen molar-refractivity contribution < 1.29 is 14.3 Å². The summed E-state index contributed by atoms with van der Waals surface area (Å²) in [4.78, 5) is 33.3. The van der Waals surface area contributed by atoms with Gasteiger partial charge in [0, 0.05) is 32.4 Å². The number of hydrogen-bond donors (Lipinski definition) is 1. The maximum Gasteiger partial charge on any atom is 0.410 e. The van der Waals surface area contributed by atoms with Crippen LogP contribution >= 0.6 is 0 Å². The Balaban J connectivity index is 1.20. The van der Waals surface area contributed by atoms with Crippen LogP contribution in [-0.2, 0) is 9.53 Å². The predicted molar refractivity (Wildman–Crippen MR) is 113 cm³/mol. The van der Waals surface area contributed by atoms with Crippen molar-refractivity contribution >= 4 is 17.8 Å². The highest BCUT2D eigenvalue weighted by Crippen LogP contribution is 2.60. The molecule has 4 bridgehead atoms. The summed E-state index contributed by atoms with van der Waals surface area (Å²) in [6, 6.07) is 5.83. The molecule has 2 amide bonds. The third-order valence-corrected chi connectivity index (χ3v) is 8.15. The highest BCUT2D eigenvalue weighted by atomic mass is 16.6. The van der Waals surface area contributed by atoms with Gasteiger partial charge in [-0.2, -0.15) is 5.26 Å². The summed E-state index contributed by atoms with van der Waals surface area (Å²) >= 11 is 0. The molecule has 0 aromatic carbocycles. The summed E-state index contributed by atoms with van der Waals surface area (Å²) in [5, 5.41) is 8.94. The van der Waals surface area contributed by atoms with Crippen LogP contribution in [0.15, 0.2) is 18.3 Å². The standard InChI is InChI=1S/C23H29N5O3/c1-27(19-3-2-14(11-24)12-26-19)18-4-5-28(13-18)22(30)31-20-16-6-15-7-17(20)10-23(8-15,9-16)21(25)29/h2-3,12,15-18,20H,4-10,13H2,1H3,(H2,25,29)/t15?,16-,17?,18?,20?,23-/m0/s1. The van der Waals surface area contributed by atoms with E-state index in [1.54, 1.807) is 17.2 Å². The lowest BCUT2D eigenvalue weighted by atomic mass is 9.48. The molecule has 1 aromatic rings. The molecule has 0 radical (unpaired) electrons. The number of carbonyl (C=O) groups excluding carboxylic acids is 2. The molecule has 4 aliphatic carbocycles. The van der Waals surface area contributed by atoms with Crippen molar-refractivity contribution in [1.82, 2.24) is 9.88 Å². The largest absolute Gasteiger partial charge is 0.446 e. The number of aromatic nitrogens is 1. The Bertz CT molecular complexity index is 910. The van der Waals surface area contributed by atoms with Crippen molar-refractivity contribution in [2.45, 2.75) is 50.7 Å². The van der Waals surface area contributed by atoms with E-state index in [0.29, 0.717) is 24.6 Å². The maximum atomic E-state index is 13.0. The van der Waals surface area contributed by atoms with Crippen molar-refractivity contribution in [3.8, 4) is 6.07 Å². The van der Waals surface area contributed by atoms with Gasteiger partial charge in [-0.25, -0.2) is 9.78 Å². The van der Waals surface area contributed by atoms with Crippen molar-refractivity contribution in [2.24, 2.45) is 28.9 Å². The second-order valence-corrected chi connectivity index (χ2v) is 9.98. The van der Waals surface area contributed by atoms with Gasteiger partial charge in [-0.15, -0.1) is 0 Å². The van der Waals surface area contributed by atoms with Crippen LogP contribution in [0.25, 0.3) is 0 Å². The number of amides is 2. The number of primary amides is 1. The number of nitrogens with zero attached hydrogens (tertiary/aromatic N) is 4. The van der Waals surface area contributed by atoms with Gasteiger partial charge in [-0.1, -0.05) is 0 Å². The van der Waals surface area contributed by atoms with Crippen molar-refractivity contribution in [1.29, 1.82) is 5.26 Å². The van der Waals surface area contributed by atoms with E-state index >= 15 is 0 Å². The molecule has 5 aliphatic rings. The lowest BCUT2D eigenvalue weighted by Gasteiger charge is -2.58. The van der Waals surface area contributed by atoms with Gasteiger partial charge in [-0.05, 0) is 68.4 Å². The van der Waals surface area contributed by atoms with Crippen LogP contribution in [0.2, 0.25) is 0 Å². The molecule has 2 N–H and O–H groups in total. The van der Waals surface area contributed by atoms with E-state index in [2.05, 4.69) is 16.0 Å². The van der Waals surface area contributed by atoms with Gasteiger partial charge in [0.25, 0.3) is 0 Å². The number of nitrogens with two attached hydrogens (primary N) is 1. The average Bonchev–Trinajstić information content (AvgIpc) is 3.25. The van der Waals surface area contributed by atoms with Gasteiger partial charge >= 0.3 is 6.09 Å². The van der Waals surface area contributed by atoms with Gasteiger partial charge in [0.05, 0.1) is 11.0 Å². The Hall–Kier alpha value is -2.82. The van der Waals surface area contributed by atoms with Crippen molar-refractivity contribution in [2.75, 3.05) is 25.0 Å². The minimum Gasteiger partial charge on any atom is -0.446 e. The molecule has 2 heterocycles. The van der Waals surface area contributed by atoms with Gasteiger partial charge in [0.15, 0.2) is 0 Å². The molecule has 164 valence electrons. The second kappa shape index (κ2) is 7.40. The minimum absolute atomic E-state index is 0.0894. The molecule has 4 saturated carbocycles. The molecule has 1 aromatic heterocycles. The van der Waals surface area contributed by atoms with Gasteiger partial charge < -0.3 is 20.3 Å². The van der Waals surface area contributed by atoms with Gasteiger partial charge in [-0.3, -0.25) is 4.79 Å². The molecule has 5 fully saturated rings. The van der Waals surface area contributed by atoms with E-state index in [-0.39, 0.29) is 41.4 Å². The van der Waals surface area contributed by atoms with Gasteiger partial charge in [0.1, 0.15) is 18.0 Å². The molecule has 0 spiro atoms. The fourth-order valence-electron chi connectivity index (χ4n) is 6.73. The smallest absolute Gasteiger partial charge is 0.410 e. The third kappa shape index (κ3) is 3.40. The zero-order valence-corrected chi connectivity index (χ0v) is 17.9. The molecular formula is C23H29N5O3. The van der Waals surface area contributed by atoms with Gasteiger partial charge in [0.2, 0.25) is 5.91 Å². The lowest BCUT2D eigenvalue weighted by molar-refractivity contribution is -0.161. The number of ether oxygens (including phenoxy) is 1.